The van der Waals surface area contributed by atoms with Crippen LogP contribution in [0, 0.1) is 6.92 Å². The van der Waals surface area contributed by atoms with Gasteiger partial charge in [0.2, 0.25) is 0 Å². The van der Waals surface area contributed by atoms with Crippen molar-refractivity contribution in [1.82, 2.24) is 0 Å². The molecule has 0 unspecified atom stereocenters. The fraction of sp³-hybridized carbons (Fsp3) is 0.143. The smallest absolute Gasteiger partial charge is 0.124 e. The fourth-order valence-corrected chi connectivity index (χ4v) is 2.86. The van der Waals surface area contributed by atoms with Gasteiger partial charge in [0.25, 0.3) is 0 Å². The Bertz CT molecular complexity index is 830. The predicted octanol–water partition coefficient (Wildman–Crippen LogP) is 5.65. The molecule has 0 aromatic heterocycles. The third-order valence-electron chi connectivity index (χ3n) is 3.89. The fourth-order valence-electron chi connectivity index (χ4n) is 2.45. The lowest BCUT2D eigenvalue weighted by atomic mass is 10.1. The number of aryl methyl sites for hydroxylation is 1. The first-order valence-electron chi connectivity index (χ1n) is 8.10. The number of hydrogen-bond donors (Lipinski definition) is 2. The first-order chi connectivity index (χ1) is 12.1. The summed E-state index contributed by atoms with van der Waals surface area (Å²) in [4.78, 5) is 0. The van der Waals surface area contributed by atoms with Crippen LogP contribution in [0.1, 0.15) is 16.7 Å². The van der Waals surface area contributed by atoms with Crippen molar-refractivity contribution >= 4 is 21.6 Å². The highest BCUT2D eigenvalue weighted by Crippen LogP contribution is 2.25. The molecule has 2 N–H and O–H groups in total. The molecular formula is C21H20BrNO2. The maximum atomic E-state index is 9.36. The van der Waals surface area contributed by atoms with Crippen LogP contribution in [0.2, 0.25) is 0 Å². The van der Waals surface area contributed by atoms with E-state index in [0.29, 0.717) is 13.2 Å². The van der Waals surface area contributed by atoms with E-state index < -0.39 is 0 Å². The molecule has 0 saturated carbocycles. The number of hydrogen-bond acceptors (Lipinski definition) is 3. The van der Waals surface area contributed by atoms with Crippen molar-refractivity contribution in [2.24, 2.45) is 0 Å². The second-order valence-electron chi connectivity index (χ2n) is 5.93. The molecule has 3 nitrogen and oxygen atoms in total. The van der Waals surface area contributed by atoms with Crippen LogP contribution >= 0.6 is 15.9 Å². The van der Waals surface area contributed by atoms with E-state index in [0.717, 1.165) is 27.0 Å². The largest absolute Gasteiger partial charge is 0.508 e. The van der Waals surface area contributed by atoms with Crippen LogP contribution < -0.4 is 10.1 Å². The minimum atomic E-state index is 0.259. The molecule has 0 saturated heterocycles. The summed E-state index contributed by atoms with van der Waals surface area (Å²) < 4.78 is 7.04. The Morgan fingerprint density at radius 3 is 2.40 bits per heavy atom. The number of halogens is 1. The van der Waals surface area contributed by atoms with Gasteiger partial charge in [0.05, 0.1) is 0 Å². The molecule has 4 heteroatoms. The summed E-state index contributed by atoms with van der Waals surface area (Å²) in [6.07, 6.45) is 0. The molecule has 0 spiro atoms. The van der Waals surface area contributed by atoms with Gasteiger partial charge in [-0.2, -0.15) is 0 Å². The number of aromatic hydroxyl groups is 1. The topological polar surface area (TPSA) is 41.5 Å². The summed E-state index contributed by atoms with van der Waals surface area (Å²) in [6, 6.07) is 21.4. The van der Waals surface area contributed by atoms with Crippen LogP contribution in [0.4, 0.5) is 5.69 Å². The van der Waals surface area contributed by atoms with Gasteiger partial charge in [0, 0.05) is 22.3 Å². The highest BCUT2D eigenvalue weighted by molar-refractivity contribution is 9.10. The van der Waals surface area contributed by atoms with Crippen LogP contribution in [0.5, 0.6) is 11.5 Å². The van der Waals surface area contributed by atoms with E-state index in [9.17, 15) is 5.11 Å². The van der Waals surface area contributed by atoms with Gasteiger partial charge in [-0.15, -0.1) is 0 Å². The normalized spacial score (nSPS) is 10.5. The molecule has 0 amide bonds. The average Bonchev–Trinajstić information content (AvgIpc) is 2.62. The first-order valence-corrected chi connectivity index (χ1v) is 8.89. The summed E-state index contributed by atoms with van der Waals surface area (Å²) in [6.45, 7) is 3.24. The van der Waals surface area contributed by atoms with Crippen molar-refractivity contribution in [1.29, 1.82) is 0 Å². The second kappa shape index (κ2) is 8.08. The highest BCUT2D eigenvalue weighted by Gasteiger charge is 2.06. The summed E-state index contributed by atoms with van der Waals surface area (Å²) in [7, 11) is 0. The molecule has 0 radical (unpaired) electrons. The Balaban J connectivity index is 1.69. The first kappa shape index (κ1) is 17.4. The minimum Gasteiger partial charge on any atom is -0.508 e. The van der Waals surface area contributed by atoms with Crippen LogP contribution in [-0.4, -0.2) is 5.11 Å². The zero-order valence-corrected chi connectivity index (χ0v) is 15.6. The number of nitrogens with one attached hydrogen (secondary N) is 1. The van der Waals surface area contributed by atoms with E-state index >= 15 is 0 Å². The SMILES string of the molecule is Cc1ccc(COc2ccc(Br)cc2CNc2ccc(O)cc2)cc1. The maximum absolute atomic E-state index is 9.36. The van der Waals surface area contributed by atoms with Gasteiger partial charge in [-0.3, -0.25) is 0 Å². The molecule has 3 aromatic carbocycles. The molecule has 128 valence electrons. The van der Waals surface area contributed by atoms with E-state index in [2.05, 4.69) is 58.5 Å². The van der Waals surface area contributed by atoms with Gasteiger partial charge in [-0.1, -0.05) is 45.8 Å². The molecule has 0 aliphatic carbocycles. The quantitative estimate of drug-likeness (QED) is 0.527. The van der Waals surface area contributed by atoms with E-state index in [-0.39, 0.29) is 5.75 Å². The summed E-state index contributed by atoms with van der Waals surface area (Å²) in [5.41, 5.74) is 4.40. The van der Waals surface area contributed by atoms with Gasteiger partial charge in [-0.25, -0.2) is 0 Å². The Hall–Kier alpha value is -2.46. The third kappa shape index (κ3) is 5.00. The van der Waals surface area contributed by atoms with E-state index in [1.54, 1.807) is 12.1 Å². The number of rotatable bonds is 6. The van der Waals surface area contributed by atoms with Crippen molar-refractivity contribution in [3.8, 4) is 11.5 Å². The highest BCUT2D eigenvalue weighted by atomic mass is 79.9. The molecule has 0 heterocycles. The summed E-state index contributed by atoms with van der Waals surface area (Å²) in [5.74, 6) is 1.12. The van der Waals surface area contributed by atoms with Gasteiger partial charge < -0.3 is 15.2 Å². The number of ether oxygens (including phenoxy) is 1. The number of anilines is 1. The molecule has 0 atom stereocenters. The van der Waals surface area contributed by atoms with E-state index in [1.165, 1.54) is 5.56 Å². The average molecular weight is 398 g/mol. The monoisotopic (exact) mass is 397 g/mol. The zero-order chi connectivity index (χ0) is 17.6. The third-order valence-corrected chi connectivity index (χ3v) is 4.38. The molecule has 0 bridgehead atoms. The lowest BCUT2D eigenvalue weighted by Crippen LogP contribution is -2.04. The molecule has 0 aliphatic heterocycles. The molecule has 3 aromatic rings. The molecule has 25 heavy (non-hydrogen) atoms. The van der Waals surface area contributed by atoms with Crippen molar-refractivity contribution in [2.75, 3.05) is 5.32 Å². The van der Waals surface area contributed by atoms with Crippen molar-refractivity contribution in [3.63, 3.8) is 0 Å². The zero-order valence-electron chi connectivity index (χ0n) is 14.0. The Morgan fingerprint density at radius 1 is 0.960 bits per heavy atom. The van der Waals surface area contributed by atoms with E-state index in [1.807, 2.05) is 24.3 Å². The maximum Gasteiger partial charge on any atom is 0.124 e. The van der Waals surface area contributed by atoms with Crippen molar-refractivity contribution in [2.45, 2.75) is 20.1 Å². The predicted molar refractivity (Wildman–Crippen MR) is 105 cm³/mol. The number of phenolic OH excluding ortho intramolecular Hbond substituents is 1. The van der Waals surface area contributed by atoms with Crippen LogP contribution in [0.25, 0.3) is 0 Å². The molecule has 3 rings (SSSR count). The Kier molecular flexibility index (Phi) is 5.61. The Morgan fingerprint density at radius 2 is 1.68 bits per heavy atom. The standard InChI is InChI=1S/C21H20BrNO2/c1-15-2-4-16(5-3-15)14-25-21-11-6-18(22)12-17(21)13-23-19-7-9-20(24)10-8-19/h2-12,23-24H,13-14H2,1H3. The van der Waals surface area contributed by atoms with Crippen LogP contribution in [-0.2, 0) is 13.2 Å². The summed E-state index contributed by atoms with van der Waals surface area (Å²) in [5, 5.41) is 12.7. The van der Waals surface area contributed by atoms with Gasteiger partial charge in [-0.05, 0) is 55.0 Å². The lowest BCUT2D eigenvalue weighted by Gasteiger charge is -2.14. The van der Waals surface area contributed by atoms with Crippen LogP contribution in [0.3, 0.4) is 0 Å². The van der Waals surface area contributed by atoms with Gasteiger partial charge in [0.1, 0.15) is 18.1 Å². The number of phenols is 1. The minimum absolute atomic E-state index is 0.259. The van der Waals surface area contributed by atoms with Crippen molar-refractivity contribution < 1.29 is 9.84 Å². The second-order valence-corrected chi connectivity index (χ2v) is 6.84. The molecule has 0 aliphatic rings. The summed E-state index contributed by atoms with van der Waals surface area (Å²) >= 11 is 3.52. The molecule has 0 fully saturated rings. The molecular weight excluding hydrogens is 378 g/mol. The Labute approximate surface area is 156 Å². The van der Waals surface area contributed by atoms with Crippen LogP contribution in [0.15, 0.2) is 71.2 Å². The lowest BCUT2D eigenvalue weighted by molar-refractivity contribution is 0.303. The van der Waals surface area contributed by atoms with E-state index in [4.69, 9.17) is 4.74 Å². The number of benzene rings is 3. The van der Waals surface area contributed by atoms with Crippen molar-refractivity contribution in [3.05, 3.63) is 87.9 Å². The van der Waals surface area contributed by atoms with Gasteiger partial charge >= 0.3 is 0 Å². The van der Waals surface area contributed by atoms with Gasteiger partial charge in [0.15, 0.2) is 0 Å².